The van der Waals surface area contributed by atoms with Crippen molar-refractivity contribution in [3.05, 3.63) is 35.3 Å². The van der Waals surface area contributed by atoms with Crippen molar-refractivity contribution in [3.63, 3.8) is 0 Å². The molecule has 160 valence electrons. The van der Waals surface area contributed by atoms with Crippen LogP contribution in [0, 0.1) is 6.92 Å². The number of aryl methyl sites for hydroxylation is 2. The van der Waals surface area contributed by atoms with Crippen molar-refractivity contribution >= 4 is 39.9 Å². The number of rotatable bonds is 1. The first-order valence-corrected chi connectivity index (χ1v) is 10.00. The maximum Gasteiger partial charge on any atom is 0.270 e. The zero-order chi connectivity index (χ0) is 21.7. The van der Waals surface area contributed by atoms with Crippen molar-refractivity contribution < 1.29 is 9.53 Å². The summed E-state index contributed by atoms with van der Waals surface area (Å²) < 4.78 is 9.35. The van der Waals surface area contributed by atoms with Crippen LogP contribution in [0.25, 0.3) is 16.7 Å². The molecule has 1 atom stereocenters. The van der Waals surface area contributed by atoms with Gasteiger partial charge >= 0.3 is 0 Å². The molecule has 11 heteroatoms. The molecule has 0 spiro atoms. The third kappa shape index (κ3) is 3.22. The minimum atomic E-state index is -0.216. The van der Waals surface area contributed by atoms with Crippen molar-refractivity contribution in [1.82, 2.24) is 34.7 Å². The van der Waals surface area contributed by atoms with Gasteiger partial charge in [-0.2, -0.15) is 0 Å². The third-order valence-electron chi connectivity index (χ3n) is 5.29. The SMILES string of the molecule is CNc1nc2cn3c(c(C)nc13)C(=O)N[C@H](C)COCc1cc(c3nnn(C)c3c1)N2. The fourth-order valence-electron chi connectivity index (χ4n) is 3.85. The normalized spacial score (nSPS) is 16.9. The molecule has 31 heavy (non-hydrogen) atoms. The summed E-state index contributed by atoms with van der Waals surface area (Å²) in [5, 5.41) is 17.9. The molecule has 11 nitrogen and oxygen atoms in total. The van der Waals surface area contributed by atoms with Gasteiger partial charge in [0.05, 0.1) is 36.3 Å². The Bertz CT molecular complexity index is 1320. The monoisotopic (exact) mass is 421 g/mol. The number of ether oxygens (including phenoxy) is 1. The Morgan fingerprint density at radius 1 is 1.29 bits per heavy atom. The Hall–Kier alpha value is -3.73. The van der Waals surface area contributed by atoms with Crippen LogP contribution in [0.4, 0.5) is 17.3 Å². The molecule has 3 N–H and O–H groups in total. The number of amides is 1. The molecule has 0 radical (unpaired) electrons. The van der Waals surface area contributed by atoms with Gasteiger partial charge < -0.3 is 20.7 Å². The number of carbonyl (C=O) groups is 1. The Labute approximate surface area is 177 Å². The number of nitrogens with zero attached hydrogens (tertiary/aromatic N) is 6. The van der Waals surface area contributed by atoms with Gasteiger partial charge in [0.15, 0.2) is 11.5 Å². The van der Waals surface area contributed by atoms with E-state index in [1.54, 1.807) is 22.3 Å². The first kappa shape index (κ1) is 19.2. The smallest absolute Gasteiger partial charge is 0.270 e. The number of benzene rings is 1. The summed E-state index contributed by atoms with van der Waals surface area (Å²) in [5.41, 5.74) is 4.97. The molecule has 0 aliphatic carbocycles. The van der Waals surface area contributed by atoms with E-state index in [9.17, 15) is 4.79 Å². The van der Waals surface area contributed by atoms with Crippen LogP contribution in [0.1, 0.15) is 28.7 Å². The first-order chi connectivity index (χ1) is 14.9. The lowest BCUT2D eigenvalue weighted by Crippen LogP contribution is -2.36. The lowest BCUT2D eigenvalue weighted by atomic mass is 10.1. The van der Waals surface area contributed by atoms with Crippen molar-refractivity contribution in [3.8, 4) is 0 Å². The number of hydrogen-bond donors (Lipinski definition) is 3. The standard InChI is InChI=1S/C20H23N9O2/c1-10-8-31-9-12-5-13(16-14(6-12)28(4)27-26-16)24-15-7-29-17(20(30)22-10)11(2)23-19(29)18(21-3)25-15/h5-7,10,24H,8-9H2,1-4H3,(H,21,25)(H,22,30)/t10-/m1/s1. The molecule has 0 saturated heterocycles. The van der Waals surface area contributed by atoms with E-state index in [0.717, 1.165) is 22.3 Å². The molecule has 5 rings (SSSR count). The van der Waals surface area contributed by atoms with Crippen LogP contribution in [0.5, 0.6) is 0 Å². The minimum absolute atomic E-state index is 0.176. The van der Waals surface area contributed by atoms with Crippen LogP contribution in [0.15, 0.2) is 18.3 Å². The summed E-state index contributed by atoms with van der Waals surface area (Å²) in [6.07, 6.45) is 1.77. The van der Waals surface area contributed by atoms with Gasteiger partial charge in [-0.15, -0.1) is 5.10 Å². The summed E-state index contributed by atoms with van der Waals surface area (Å²) in [6.45, 7) is 4.49. The number of hydrogen-bond acceptors (Lipinski definition) is 8. The summed E-state index contributed by atoms with van der Waals surface area (Å²) >= 11 is 0. The van der Waals surface area contributed by atoms with Crippen LogP contribution in [-0.2, 0) is 18.4 Å². The van der Waals surface area contributed by atoms with Crippen LogP contribution < -0.4 is 16.0 Å². The Balaban J connectivity index is 1.75. The second-order valence-corrected chi connectivity index (χ2v) is 7.70. The zero-order valence-electron chi connectivity index (χ0n) is 17.7. The number of aromatic nitrogens is 6. The van der Waals surface area contributed by atoms with Crippen molar-refractivity contribution in [2.45, 2.75) is 26.5 Å². The van der Waals surface area contributed by atoms with Crippen molar-refractivity contribution in [1.29, 1.82) is 0 Å². The van der Waals surface area contributed by atoms with E-state index in [4.69, 9.17) is 4.74 Å². The summed E-state index contributed by atoms with van der Waals surface area (Å²) in [5.74, 6) is 0.882. The molecule has 0 saturated carbocycles. The Kier molecular flexibility index (Phi) is 4.47. The van der Waals surface area contributed by atoms with Gasteiger partial charge in [0.2, 0.25) is 0 Å². The van der Waals surface area contributed by atoms with E-state index in [2.05, 4.69) is 36.2 Å². The lowest BCUT2D eigenvalue weighted by Gasteiger charge is -2.17. The van der Waals surface area contributed by atoms with E-state index >= 15 is 0 Å². The average molecular weight is 421 g/mol. The van der Waals surface area contributed by atoms with E-state index < -0.39 is 0 Å². The number of anilines is 3. The highest BCUT2D eigenvalue weighted by Crippen LogP contribution is 2.28. The Morgan fingerprint density at radius 2 is 2.13 bits per heavy atom. The zero-order valence-corrected chi connectivity index (χ0v) is 17.7. The molecule has 4 heterocycles. The maximum absolute atomic E-state index is 13.0. The predicted molar refractivity (Wildman–Crippen MR) is 116 cm³/mol. The van der Waals surface area contributed by atoms with E-state index in [1.807, 2.05) is 33.0 Å². The Morgan fingerprint density at radius 3 is 2.94 bits per heavy atom. The number of nitrogens with one attached hydrogen (secondary N) is 3. The van der Waals surface area contributed by atoms with Crippen LogP contribution >= 0.6 is 0 Å². The van der Waals surface area contributed by atoms with Gasteiger partial charge in [-0.25, -0.2) is 14.6 Å². The van der Waals surface area contributed by atoms with E-state index in [-0.39, 0.29) is 11.9 Å². The van der Waals surface area contributed by atoms with Crippen molar-refractivity contribution in [2.75, 3.05) is 24.3 Å². The molecule has 1 aromatic carbocycles. The molecule has 3 aromatic heterocycles. The molecule has 4 bridgehead atoms. The topological polar surface area (TPSA) is 123 Å². The molecular formula is C20H23N9O2. The molecule has 0 unspecified atom stereocenters. The van der Waals surface area contributed by atoms with Gasteiger partial charge in [-0.3, -0.25) is 9.20 Å². The highest BCUT2D eigenvalue weighted by Gasteiger charge is 2.22. The fourth-order valence-corrected chi connectivity index (χ4v) is 3.85. The summed E-state index contributed by atoms with van der Waals surface area (Å²) in [7, 11) is 3.62. The second-order valence-electron chi connectivity index (χ2n) is 7.70. The van der Waals surface area contributed by atoms with Crippen LogP contribution in [0.3, 0.4) is 0 Å². The van der Waals surface area contributed by atoms with Crippen LogP contribution in [0.2, 0.25) is 0 Å². The lowest BCUT2D eigenvalue weighted by molar-refractivity contribution is 0.0815. The minimum Gasteiger partial charge on any atom is -0.375 e. The van der Waals surface area contributed by atoms with Crippen LogP contribution in [-0.4, -0.2) is 55.0 Å². The van der Waals surface area contributed by atoms with Gasteiger partial charge in [0, 0.05) is 20.1 Å². The summed E-state index contributed by atoms with van der Waals surface area (Å²) in [4.78, 5) is 22.2. The van der Waals surface area contributed by atoms with Gasteiger partial charge in [0.25, 0.3) is 5.91 Å². The number of carbonyl (C=O) groups excluding carboxylic acids is 1. The molecule has 4 aromatic rings. The highest BCUT2D eigenvalue weighted by atomic mass is 16.5. The quantitative estimate of drug-likeness (QED) is 0.425. The second kappa shape index (κ2) is 7.20. The molecular weight excluding hydrogens is 398 g/mol. The van der Waals surface area contributed by atoms with Crippen molar-refractivity contribution in [2.24, 2.45) is 7.05 Å². The van der Waals surface area contributed by atoms with E-state index in [1.165, 1.54) is 0 Å². The predicted octanol–water partition coefficient (Wildman–Crippen LogP) is 1.75. The molecule has 1 aliphatic rings. The van der Waals surface area contributed by atoms with Gasteiger partial charge in [-0.1, -0.05) is 5.21 Å². The molecule has 1 amide bonds. The molecule has 0 fully saturated rings. The maximum atomic E-state index is 13.0. The largest absolute Gasteiger partial charge is 0.375 e. The molecule has 1 aliphatic heterocycles. The third-order valence-corrected chi connectivity index (χ3v) is 5.29. The average Bonchev–Trinajstić information content (AvgIpc) is 3.26. The highest BCUT2D eigenvalue weighted by molar-refractivity contribution is 5.96. The number of fused-ring (bicyclic) bond motifs is 5. The van der Waals surface area contributed by atoms with Gasteiger partial charge in [-0.05, 0) is 31.5 Å². The first-order valence-electron chi connectivity index (χ1n) is 10.00. The van der Waals surface area contributed by atoms with E-state index in [0.29, 0.717) is 41.9 Å². The van der Waals surface area contributed by atoms with Gasteiger partial charge in [0.1, 0.15) is 17.0 Å². The number of imidazole rings is 1. The fraction of sp³-hybridized carbons (Fsp3) is 0.350. The summed E-state index contributed by atoms with van der Waals surface area (Å²) in [6, 6.07) is 3.81.